The van der Waals surface area contributed by atoms with Crippen molar-refractivity contribution in [3.05, 3.63) is 29.8 Å². The highest BCUT2D eigenvalue weighted by Gasteiger charge is 2.19. The van der Waals surface area contributed by atoms with Gasteiger partial charge in [0.25, 0.3) is 0 Å². The van der Waals surface area contributed by atoms with Gasteiger partial charge in [0.05, 0.1) is 6.07 Å². The summed E-state index contributed by atoms with van der Waals surface area (Å²) in [5.74, 6) is 0.186. The van der Waals surface area contributed by atoms with Gasteiger partial charge in [0.1, 0.15) is 6.54 Å². The monoisotopic (exact) mass is 200 g/mol. The number of hydrogen-bond acceptors (Lipinski definition) is 3. The molecule has 0 aliphatic carbocycles. The van der Waals surface area contributed by atoms with Crippen molar-refractivity contribution in [2.75, 3.05) is 18.0 Å². The van der Waals surface area contributed by atoms with E-state index in [4.69, 9.17) is 5.26 Å². The van der Waals surface area contributed by atoms with E-state index < -0.39 is 0 Å². The summed E-state index contributed by atoms with van der Waals surface area (Å²) < 4.78 is 0. The first-order chi connectivity index (χ1) is 7.33. The zero-order valence-electron chi connectivity index (χ0n) is 8.44. The molecule has 1 aromatic carbocycles. The van der Waals surface area contributed by atoms with Crippen LogP contribution in [0.15, 0.2) is 24.3 Å². The second kappa shape index (κ2) is 4.14. The molecular formula is C12H12N2O. The molecule has 0 saturated carbocycles. The lowest BCUT2D eigenvalue weighted by Gasteiger charge is -2.20. The van der Waals surface area contributed by atoms with Gasteiger partial charge in [0.15, 0.2) is 5.78 Å². The average molecular weight is 200 g/mol. The predicted molar refractivity (Wildman–Crippen MR) is 57.8 cm³/mol. The van der Waals surface area contributed by atoms with Gasteiger partial charge < -0.3 is 4.90 Å². The molecule has 0 saturated heterocycles. The quantitative estimate of drug-likeness (QED) is 0.651. The van der Waals surface area contributed by atoms with E-state index in [9.17, 15) is 4.79 Å². The standard InChI is InChI=1S/C12H12N2O/c13-7-9-14-8-3-6-12(15)10-4-1-2-5-11(10)14/h1-2,4-5H,3,6,8-9H2. The maximum atomic E-state index is 11.7. The van der Waals surface area contributed by atoms with Crippen molar-refractivity contribution >= 4 is 11.5 Å². The lowest BCUT2D eigenvalue weighted by atomic mass is 10.1. The first-order valence-electron chi connectivity index (χ1n) is 5.07. The molecule has 0 radical (unpaired) electrons. The molecule has 1 aliphatic rings. The number of hydrogen-bond donors (Lipinski definition) is 0. The number of nitriles is 1. The van der Waals surface area contributed by atoms with Crippen molar-refractivity contribution in [3.63, 3.8) is 0 Å². The topological polar surface area (TPSA) is 44.1 Å². The van der Waals surface area contributed by atoms with Gasteiger partial charge in [-0.25, -0.2) is 0 Å². The Labute approximate surface area is 88.9 Å². The van der Waals surface area contributed by atoms with E-state index in [0.29, 0.717) is 13.0 Å². The molecule has 1 aromatic rings. The molecule has 0 N–H and O–H groups in total. The van der Waals surface area contributed by atoms with Crippen LogP contribution in [-0.2, 0) is 0 Å². The Balaban J connectivity index is 2.43. The summed E-state index contributed by atoms with van der Waals surface area (Å²) in [6.45, 7) is 1.14. The minimum Gasteiger partial charge on any atom is -0.358 e. The summed E-state index contributed by atoms with van der Waals surface area (Å²) in [6, 6.07) is 9.66. The van der Waals surface area contributed by atoms with Crippen LogP contribution < -0.4 is 4.90 Å². The van der Waals surface area contributed by atoms with E-state index in [1.54, 1.807) is 0 Å². The molecule has 0 atom stereocenters. The first kappa shape index (κ1) is 9.72. The van der Waals surface area contributed by atoms with E-state index in [-0.39, 0.29) is 5.78 Å². The van der Waals surface area contributed by atoms with Crippen molar-refractivity contribution in [1.29, 1.82) is 5.26 Å². The van der Waals surface area contributed by atoms with E-state index in [1.807, 2.05) is 29.2 Å². The van der Waals surface area contributed by atoms with Crippen LogP contribution in [-0.4, -0.2) is 18.9 Å². The number of nitrogens with zero attached hydrogens (tertiary/aromatic N) is 2. The summed E-state index contributed by atoms with van der Waals surface area (Å²) in [5.41, 5.74) is 1.66. The van der Waals surface area contributed by atoms with Gasteiger partial charge in [-0.1, -0.05) is 12.1 Å². The Bertz CT molecular complexity index is 420. The Morgan fingerprint density at radius 2 is 2.20 bits per heavy atom. The third-order valence-electron chi connectivity index (χ3n) is 2.64. The molecule has 0 aromatic heterocycles. The molecule has 1 aliphatic heterocycles. The van der Waals surface area contributed by atoms with Crippen LogP contribution >= 0.6 is 0 Å². The molecule has 0 amide bonds. The van der Waals surface area contributed by atoms with E-state index in [0.717, 1.165) is 24.2 Å². The third kappa shape index (κ3) is 1.84. The zero-order chi connectivity index (χ0) is 10.7. The molecule has 0 bridgehead atoms. The van der Waals surface area contributed by atoms with Crippen LogP contribution in [0.1, 0.15) is 23.2 Å². The summed E-state index contributed by atoms with van der Waals surface area (Å²) in [5, 5.41) is 8.73. The number of Topliss-reactive ketones (excluding diaryl/α,β-unsaturated/α-hetero) is 1. The fourth-order valence-electron chi connectivity index (χ4n) is 1.92. The lowest BCUT2D eigenvalue weighted by Crippen LogP contribution is -2.24. The summed E-state index contributed by atoms with van der Waals surface area (Å²) >= 11 is 0. The van der Waals surface area contributed by atoms with Gasteiger partial charge in [-0.05, 0) is 18.6 Å². The number of para-hydroxylation sites is 1. The van der Waals surface area contributed by atoms with Gasteiger partial charge in [-0.15, -0.1) is 0 Å². The number of anilines is 1. The minimum absolute atomic E-state index is 0.186. The Morgan fingerprint density at radius 3 is 3.00 bits per heavy atom. The third-order valence-corrected chi connectivity index (χ3v) is 2.64. The highest BCUT2D eigenvalue weighted by Crippen LogP contribution is 2.25. The first-order valence-corrected chi connectivity index (χ1v) is 5.07. The Kier molecular flexibility index (Phi) is 2.68. The van der Waals surface area contributed by atoms with E-state index in [2.05, 4.69) is 6.07 Å². The number of benzene rings is 1. The predicted octanol–water partition coefficient (Wildman–Crippen LogP) is 1.99. The van der Waals surface area contributed by atoms with Crippen LogP contribution in [0.5, 0.6) is 0 Å². The Morgan fingerprint density at radius 1 is 1.40 bits per heavy atom. The van der Waals surface area contributed by atoms with Crippen LogP contribution in [0.3, 0.4) is 0 Å². The van der Waals surface area contributed by atoms with E-state index in [1.165, 1.54) is 0 Å². The van der Waals surface area contributed by atoms with Gasteiger partial charge in [0.2, 0.25) is 0 Å². The summed E-state index contributed by atoms with van der Waals surface area (Å²) in [4.78, 5) is 13.7. The maximum Gasteiger partial charge on any atom is 0.165 e. The van der Waals surface area contributed by atoms with Crippen LogP contribution in [0, 0.1) is 11.3 Å². The Hall–Kier alpha value is -1.82. The van der Waals surface area contributed by atoms with Crippen molar-refractivity contribution < 1.29 is 4.79 Å². The zero-order valence-corrected chi connectivity index (χ0v) is 8.44. The second-order valence-electron chi connectivity index (χ2n) is 3.62. The second-order valence-corrected chi connectivity index (χ2v) is 3.62. The number of ketones is 1. The smallest absolute Gasteiger partial charge is 0.165 e. The number of rotatable bonds is 1. The fourth-order valence-corrected chi connectivity index (χ4v) is 1.92. The maximum absolute atomic E-state index is 11.7. The molecule has 0 fully saturated rings. The van der Waals surface area contributed by atoms with Crippen LogP contribution in [0.25, 0.3) is 0 Å². The van der Waals surface area contributed by atoms with Gasteiger partial charge in [0, 0.05) is 24.2 Å². The number of fused-ring (bicyclic) bond motifs is 1. The molecule has 3 nitrogen and oxygen atoms in total. The normalized spacial score (nSPS) is 15.4. The molecule has 0 unspecified atom stereocenters. The van der Waals surface area contributed by atoms with Crippen molar-refractivity contribution in [2.45, 2.75) is 12.8 Å². The number of carbonyl (C=O) groups excluding carboxylic acids is 1. The van der Waals surface area contributed by atoms with Gasteiger partial charge >= 0.3 is 0 Å². The van der Waals surface area contributed by atoms with Crippen LogP contribution in [0.4, 0.5) is 5.69 Å². The average Bonchev–Trinajstić information content (AvgIpc) is 2.41. The van der Waals surface area contributed by atoms with Gasteiger partial charge in [-0.3, -0.25) is 4.79 Å². The van der Waals surface area contributed by atoms with Gasteiger partial charge in [-0.2, -0.15) is 5.26 Å². The highest BCUT2D eigenvalue weighted by molar-refractivity contribution is 6.01. The lowest BCUT2D eigenvalue weighted by molar-refractivity contribution is 0.0984. The molecule has 15 heavy (non-hydrogen) atoms. The SMILES string of the molecule is N#CCN1CCCC(=O)c2ccccc21. The summed E-state index contributed by atoms with van der Waals surface area (Å²) in [7, 11) is 0. The molecule has 76 valence electrons. The molecular weight excluding hydrogens is 188 g/mol. The van der Waals surface area contributed by atoms with Crippen molar-refractivity contribution in [3.8, 4) is 6.07 Å². The molecule has 3 heteroatoms. The minimum atomic E-state index is 0.186. The number of carbonyl (C=O) groups is 1. The molecule has 2 rings (SSSR count). The highest BCUT2D eigenvalue weighted by atomic mass is 16.1. The van der Waals surface area contributed by atoms with Crippen molar-refractivity contribution in [1.82, 2.24) is 0 Å². The fraction of sp³-hybridized carbons (Fsp3) is 0.333. The molecule has 0 spiro atoms. The van der Waals surface area contributed by atoms with Crippen molar-refractivity contribution in [2.24, 2.45) is 0 Å². The van der Waals surface area contributed by atoms with Crippen LogP contribution in [0.2, 0.25) is 0 Å². The molecule has 1 heterocycles. The summed E-state index contributed by atoms with van der Waals surface area (Å²) in [6.07, 6.45) is 1.41. The largest absolute Gasteiger partial charge is 0.358 e. The van der Waals surface area contributed by atoms with E-state index >= 15 is 0 Å².